The number of aryl methyl sites for hydroxylation is 1. The van der Waals surface area contributed by atoms with E-state index in [2.05, 4.69) is 43.0 Å². The maximum absolute atomic E-state index is 6.30. The molecule has 1 aliphatic heterocycles. The van der Waals surface area contributed by atoms with Crippen molar-refractivity contribution >= 4 is 5.69 Å². The summed E-state index contributed by atoms with van der Waals surface area (Å²) in [5.41, 5.74) is 8.86. The summed E-state index contributed by atoms with van der Waals surface area (Å²) < 4.78 is 5.42. The van der Waals surface area contributed by atoms with Gasteiger partial charge in [-0.25, -0.2) is 0 Å². The lowest BCUT2D eigenvalue weighted by molar-refractivity contribution is 0.181. The van der Waals surface area contributed by atoms with Gasteiger partial charge >= 0.3 is 0 Å². The Bertz CT molecular complexity index is 357. The average Bonchev–Trinajstić information content (AvgIpc) is 2.91. The third kappa shape index (κ3) is 3.24. The number of benzene rings is 1. The molecule has 0 amide bonds. The van der Waals surface area contributed by atoms with Gasteiger partial charge in [0.2, 0.25) is 0 Å². The van der Waals surface area contributed by atoms with Crippen molar-refractivity contribution in [1.82, 2.24) is 0 Å². The van der Waals surface area contributed by atoms with Crippen molar-refractivity contribution in [3.05, 3.63) is 29.8 Å². The summed E-state index contributed by atoms with van der Waals surface area (Å²) in [5.74, 6) is 0.518. The summed E-state index contributed by atoms with van der Waals surface area (Å²) >= 11 is 0. The molecule has 2 unspecified atom stereocenters. The molecule has 3 heteroatoms. The maximum Gasteiger partial charge on any atom is 0.0510 e. The predicted octanol–water partition coefficient (Wildman–Crippen LogP) is 2.19. The zero-order valence-electron chi connectivity index (χ0n) is 11.4. The second-order valence-electron chi connectivity index (χ2n) is 5.16. The lowest BCUT2D eigenvalue weighted by Crippen LogP contribution is -2.42. The lowest BCUT2D eigenvalue weighted by atomic mass is 9.99. The Morgan fingerprint density at radius 2 is 2.11 bits per heavy atom. The van der Waals surface area contributed by atoms with Crippen molar-refractivity contribution in [3.8, 4) is 0 Å². The smallest absolute Gasteiger partial charge is 0.0510 e. The van der Waals surface area contributed by atoms with Crippen LogP contribution in [0.15, 0.2) is 24.3 Å². The van der Waals surface area contributed by atoms with Gasteiger partial charge < -0.3 is 15.4 Å². The summed E-state index contributed by atoms with van der Waals surface area (Å²) in [7, 11) is 0. The van der Waals surface area contributed by atoms with Crippen LogP contribution in [0.4, 0.5) is 5.69 Å². The number of hydrogen-bond acceptors (Lipinski definition) is 3. The topological polar surface area (TPSA) is 38.5 Å². The molecule has 0 aromatic heterocycles. The molecule has 1 heterocycles. The molecule has 2 atom stereocenters. The van der Waals surface area contributed by atoms with Crippen molar-refractivity contribution in [3.63, 3.8) is 0 Å². The summed E-state index contributed by atoms with van der Waals surface area (Å²) in [5, 5.41) is 0. The van der Waals surface area contributed by atoms with Crippen molar-refractivity contribution in [2.24, 2.45) is 11.7 Å². The molecule has 1 aromatic rings. The number of rotatable bonds is 5. The minimum Gasteiger partial charge on any atom is -0.381 e. The predicted molar refractivity (Wildman–Crippen MR) is 76.0 cm³/mol. The van der Waals surface area contributed by atoms with E-state index in [1.807, 2.05) is 0 Å². The van der Waals surface area contributed by atoms with E-state index in [-0.39, 0.29) is 6.04 Å². The molecule has 1 fully saturated rings. The number of ether oxygens (including phenoxy) is 1. The molecule has 0 aliphatic carbocycles. The molecule has 0 saturated carbocycles. The summed E-state index contributed by atoms with van der Waals surface area (Å²) in [6, 6.07) is 8.87. The fourth-order valence-corrected chi connectivity index (χ4v) is 2.47. The monoisotopic (exact) mass is 248 g/mol. The first-order valence-corrected chi connectivity index (χ1v) is 6.85. The minimum atomic E-state index is 0.203. The number of nitrogens with two attached hydrogens (primary N) is 1. The molecule has 2 rings (SSSR count). The molecule has 1 aliphatic rings. The van der Waals surface area contributed by atoms with E-state index < -0.39 is 0 Å². The Morgan fingerprint density at radius 1 is 1.39 bits per heavy atom. The SMILES string of the molecule is CCN(CC(N)C1CCOC1)c1ccc(C)cc1. The lowest BCUT2D eigenvalue weighted by Gasteiger charge is -2.29. The molecule has 18 heavy (non-hydrogen) atoms. The Hall–Kier alpha value is -1.06. The van der Waals surface area contributed by atoms with Gasteiger partial charge in [0.25, 0.3) is 0 Å². The molecular formula is C15H24N2O. The fourth-order valence-electron chi connectivity index (χ4n) is 2.47. The van der Waals surface area contributed by atoms with Gasteiger partial charge in [-0.05, 0) is 32.4 Å². The Kier molecular flexibility index (Phi) is 4.61. The Balaban J connectivity index is 1.97. The maximum atomic E-state index is 6.30. The first kappa shape index (κ1) is 13.4. The molecule has 1 aromatic carbocycles. The van der Waals surface area contributed by atoms with Crippen LogP contribution in [0.3, 0.4) is 0 Å². The van der Waals surface area contributed by atoms with Crippen LogP contribution < -0.4 is 10.6 Å². The van der Waals surface area contributed by atoms with E-state index in [1.165, 1.54) is 11.3 Å². The van der Waals surface area contributed by atoms with Crippen LogP contribution in [0, 0.1) is 12.8 Å². The number of hydrogen-bond donors (Lipinski definition) is 1. The van der Waals surface area contributed by atoms with Crippen LogP contribution in [0.1, 0.15) is 18.9 Å². The first-order chi connectivity index (χ1) is 8.70. The van der Waals surface area contributed by atoms with Crippen molar-refractivity contribution in [2.45, 2.75) is 26.3 Å². The van der Waals surface area contributed by atoms with Crippen LogP contribution in [0.5, 0.6) is 0 Å². The second-order valence-corrected chi connectivity index (χ2v) is 5.16. The molecule has 0 bridgehead atoms. The van der Waals surface area contributed by atoms with E-state index in [0.717, 1.165) is 32.7 Å². The highest BCUT2D eigenvalue weighted by atomic mass is 16.5. The number of likely N-dealkylation sites (N-methyl/N-ethyl adjacent to an activating group) is 1. The minimum absolute atomic E-state index is 0.203. The van der Waals surface area contributed by atoms with Crippen LogP contribution in [0.2, 0.25) is 0 Å². The van der Waals surface area contributed by atoms with Gasteiger partial charge in [0, 0.05) is 37.3 Å². The molecule has 100 valence electrons. The second kappa shape index (κ2) is 6.21. The average molecular weight is 248 g/mol. The van der Waals surface area contributed by atoms with Gasteiger partial charge in [-0.3, -0.25) is 0 Å². The highest BCUT2D eigenvalue weighted by molar-refractivity contribution is 5.47. The van der Waals surface area contributed by atoms with E-state index in [1.54, 1.807) is 0 Å². The van der Waals surface area contributed by atoms with Crippen molar-refractivity contribution in [1.29, 1.82) is 0 Å². The molecule has 3 nitrogen and oxygen atoms in total. The van der Waals surface area contributed by atoms with Crippen LogP contribution in [-0.2, 0) is 4.74 Å². The van der Waals surface area contributed by atoms with E-state index in [4.69, 9.17) is 10.5 Å². The van der Waals surface area contributed by atoms with Gasteiger partial charge in [0.1, 0.15) is 0 Å². The first-order valence-electron chi connectivity index (χ1n) is 6.85. The van der Waals surface area contributed by atoms with E-state index in [9.17, 15) is 0 Å². The summed E-state index contributed by atoms with van der Waals surface area (Å²) in [6.07, 6.45) is 1.10. The van der Waals surface area contributed by atoms with Gasteiger partial charge in [0.15, 0.2) is 0 Å². The van der Waals surface area contributed by atoms with Crippen molar-refractivity contribution in [2.75, 3.05) is 31.2 Å². The number of nitrogens with zero attached hydrogens (tertiary/aromatic N) is 1. The summed E-state index contributed by atoms with van der Waals surface area (Å²) in [4.78, 5) is 2.35. The zero-order chi connectivity index (χ0) is 13.0. The quantitative estimate of drug-likeness (QED) is 0.868. The van der Waals surface area contributed by atoms with E-state index >= 15 is 0 Å². The van der Waals surface area contributed by atoms with Crippen LogP contribution in [0.25, 0.3) is 0 Å². The molecule has 0 spiro atoms. The fraction of sp³-hybridized carbons (Fsp3) is 0.600. The van der Waals surface area contributed by atoms with Crippen LogP contribution in [-0.4, -0.2) is 32.3 Å². The van der Waals surface area contributed by atoms with Gasteiger partial charge in [0.05, 0.1) is 6.61 Å². The number of anilines is 1. The third-order valence-electron chi connectivity index (χ3n) is 3.78. The zero-order valence-corrected chi connectivity index (χ0v) is 11.4. The van der Waals surface area contributed by atoms with Gasteiger partial charge in [-0.15, -0.1) is 0 Å². The summed E-state index contributed by atoms with van der Waals surface area (Å²) in [6.45, 7) is 7.89. The third-order valence-corrected chi connectivity index (χ3v) is 3.78. The molecule has 0 radical (unpaired) electrons. The van der Waals surface area contributed by atoms with Crippen LogP contribution >= 0.6 is 0 Å². The molecular weight excluding hydrogens is 224 g/mol. The standard InChI is InChI=1S/C15H24N2O/c1-3-17(14-6-4-12(2)5-7-14)10-15(16)13-8-9-18-11-13/h4-7,13,15H,3,8-11,16H2,1-2H3. The Morgan fingerprint density at radius 3 is 2.67 bits per heavy atom. The Labute approximate surface area is 110 Å². The highest BCUT2D eigenvalue weighted by Crippen LogP contribution is 2.19. The van der Waals surface area contributed by atoms with Gasteiger partial charge in [-0.1, -0.05) is 17.7 Å². The normalized spacial score (nSPS) is 20.9. The molecule has 2 N–H and O–H groups in total. The highest BCUT2D eigenvalue weighted by Gasteiger charge is 2.24. The largest absolute Gasteiger partial charge is 0.381 e. The van der Waals surface area contributed by atoms with Crippen molar-refractivity contribution < 1.29 is 4.74 Å². The van der Waals surface area contributed by atoms with Gasteiger partial charge in [-0.2, -0.15) is 0 Å². The molecule has 1 saturated heterocycles. The van der Waals surface area contributed by atoms with E-state index in [0.29, 0.717) is 5.92 Å².